The lowest BCUT2D eigenvalue weighted by atomic mass is 9.98. The van der Waals surface area contributed by atoms with E-state index < -0.39 is 12.1 Å². The van der Waals surface area contributed by atoms with Crippen molar-refractivity contribution in [1.29, 1.82) is 0 Å². The maximum atomic E-state index is 10.7. The van der Waals surface area contributed by atoms with Crippen molar-refractivity contribution in [3.05, 3.63) is 58.6 Å². The first-order valence-electron chi connectivity index (χ1n) is 9.77. The minimum absolute atomic E-state index is 0.0387. The lowest BCUT2D eigenvalue weighted by Crippen LogP contribution is -2.39. The smallest absolute Gasteiger partial charge is 0.303 e. The predicted octanol–water partition coefficient (Wildman–Crippen LogP) is 3.08. The van der Waals surface area contributed by atoms with Crippen LogP contribution < -0.4 is 14.8 Å². The van der Waals surface area contributed by atoms with Crippen molar-refractivity contribution in [3.8, 4) is 11.5 Å². The Balaban J connectivity index is 1.37. The fraction of sp³-hybridized carbons (Fsp3) is 0.409. The Bertz CT molecular complexity index is 811. The minimum Gasteiger partial charge on any atom is -0.491 e. The number of rotatable bonds is 10. The maximum Gasteiger partial charge on any atom is 0.303 e. The number of carboxylic acids is 1. The summed E-state index contributed by atoms with van der Waals surface area (Å²) in [6, 6.07) is 12.9. The molecule has 2 aromatic rings. The number of nitrogens with one attached hydrogen (secondary N) is 1. The second kappa shape index (κ2) is 10.5. The number of carbonyl (C=O) groups is 1. The van der Waals surface area contributed by atoms with Crippen LogP contribution in [0.4, 0.5) is 0 Å². The Labute approximate surface area is 175 Å². The highest BCUT2D eigenvalue weighted by Crippen LogP contribution is 2.28. The zero-order valence-electron chi connectivity index (χ0n) is 16.1. The molecule has 1 heterocycles. The zero-order chi connectivity index (χ0) is 20.6. The van der Waals surface area contributed by atoms with Crippen LogP contribution in [0.5, 0.6) is 11.5 Å². The van der Waals surface area contributed by atoms with Crippen molar-refractivity contribution in [1.82, 2.24) is 5.32 Å². The van der Waals surface area contributed by atoms with Gasteiger partial charge in [-0.05, 0) is 60.7 Å². The number of aryl methyl sites for hydroxylation is 2. The van der Waals surface area contributed by atoms with Crippen molar-refractivity contribution in [2.24, 2.45) is 0 Å². The fourth-order valence-electron chi connectivity index (χ4n) is 3.24. The van der Waals surface area contributed by atoms with Gasteiger partial charge in [-0.3, -0.25) is 4.79 Å². The molecule has 0 saturated carbocycles. The minimum atomic E-state index is -0.786. The van der Waals surface area contributed by atoms with Crippen molar-refractivity contribution in [2.45, 2.75) is 37.9 Å². The molecule has 7 heteroatoms. The number of carboxylic acid groups (broad SMARTS) is 1. The van der Waals surface area contributed by atoms with Crippen LogP contribution in [0.1, 0.15) is 24.0 Å². The normalized spacial score (nSPS) is 16.6. The van der Waals surface area contributed by atoms with Crippen LogP contribution in [0.3, 0.4) is 0 Å². The third kappa shape index (κ3) is 6.92. The van der Waals surface area contributed by atoms with E-state index in [1.165, 1.54) is 0 Å². The summed E-state index contributed by atoms with van der Waals surface area (Å²) in [4.78, 5) is 10.7. The molecule has 0 radical (unpaired) electrons. The number of benzene rings is 2. The molecular weight excluding hydrogens is 394 g/mol. The Hall–Kier alpha value is -2.28. The predicted molar refractivity (Wildman–Crippen MR) is 111 cm³/mol. The van der Waals surface area contributed by atoms with E-state index in [4.69, 9.17) is 26.2 Å². The summed E-state index contributed by atoms with van der Waals surface area (Å²) in [5.74, 6) is 0.739. The van der Waals surface area contributed by atoms with Gasteiger partial charge >= 0.3 is 5.97 Å². The van der Waals surface area contributed by atoms with E-state index >= 15 is 0 Å². The van der Waals surface area contributed by atoms with Gasteiger partial charge in [-0.15, -0.1) is 0 Å². The Morgan fingerprint density at radius 1 is 1.28 bits per heavy atom. The van der Waals surface area contributed by atoms with Crippen LogP contribution in [-0.2, 0) is 17.6 Å². The molecule has 1 aliphatic heterocycles. The lowest BCUT2D eigenvalue weighted by molar-refractivity contribution is -0.136. The van der Waals surface area contributed by atoms with Gasteiger partial charge < -0.3 is 25.0 Å². The van der Waals surface area contributed by atoms with Gasteiger partial charge in [0.15, 0.2) is 0 Å². The van der Waals surface area contributed by atoms with Gasteiger partial charge in [-0.1, -0.05) is 23.7 Å². The van der Waals surface area contributed by atoms with Gasteiger partial charge in [0.25, 0.3) is 0 Å². The highest BCUT2D eigenvalue weighted by molar-refractivity contribution is 6.30. The van der Waals surface area contributed by atoms with Crippen LogP contribution in [0.2, 0.25) is 5.02 Å². The second-order valence-electron chi connectivity index (χ2n) is 7.19. The van der Waals surface area contributed by atoms with Gasteiger partial charge in [-0.25, -0.2) is 0 Å². The number of ether oxygens (including phenoxy) is 2. The highest BCUT2D eigenvalue weighted by Gasteiger charge is 2.20. The van der Waals surface area contributed by atoms with E-state index in [0.29, 0.717) is 30.3 Å². The molecule has 2 aromatic carbocycles. The van der Waals surface area contributed by atoms with E-state index in [1.54, 1.807) is 24.3 Å². The van der Waals surface area contributed by atoms with Crippen LogP contribution >= 0.6 is 11.6 Å². The summed E-state index contributed by atoms with van der Waals surface area (Å²) in [7, 11) is 0. The van der Waals surface area contributed by atoms with Gasteiger partial charge in [0.05, 0.1) is 0 Å². The molecule has 2 atom stereocenters. The monoisotopic (exact) mass is 419 g/mol. The number of hydrogen-bond donors (Lipinski definition) is 3. The molecule has 0 aromatic heterocycles. The largest absolute Gasteiger partial charge is 0.491 e. The number of fused-ring (bicyclic) bond motifs is 1. The Morgan fingerprint density at radius 3 is 2.83 bits per heavy atom. The molecular formula is C22H26ClNO5. The molecule has 29 heavy (non-hydrogen) atoms. The molecule has 6 nitrogen and oxygen atoms in total. The van der Waals surface area contributed by atoms with Crippen LogP contribution in [0.25, 0.3) is 0 Å². The first-order valence-corrected chi connectivity index (χ1v) is 10.1. The van der Waals surface area contributed by atoms with E-state index in [0.717, 1.165) is 29.7 Å². The molecule has 1 aliphatic rings. The van der Waals surface area contributed by atoms with E-state index in [-0.39, 0.29) is 19.1 Å². The van der Waals surface area contributed by atoms with Crippen LogP contribution in [0.15, 0.2) is 42.5 Å². The molecule has 2 unspecified atom stereocenters. The molecule has 0 saturated heterocycles. The summed E-state index contributed by atoms with van der Waals surface area (Å²) in [6.07, 6.45) is 1.85. The lowest BCUT2D eigenvalue weighted by Gasteiger charge is -2.27. The summed E-state index contributed by atoms with van der Waals surface area (Å²) in [5, 5.41) is 22.8. The second-order valence-corrected chi connectivity index (χ2v) is 7.63. The molecule has 0 aliphatic carbocycles. The summed E-state index contributed by atoms with van der Waals surface area (Å²) in [6.45, 7) is 1.24. The quantitative estimate of drug-likeness (QED) is 0.548. The SMILES string of the molecule is O=C(O)CCc1ccc2c(c1)CCC(CNCC(O)COc1ccc(Cl)cc1)O2. The molecule has 3 rings (SSSR count). The fourth-order valence-corrected chi connectivity index (χ4v) is 3.37. The standard InChI is InChI=1S/C22H26ClNO5/c23-17-4-7-19(8-5-17)28-14-18(25)12-24-13-20-6-3-16-11-15(2-10-22(26)27)1-9-21(16)29-20/h1,4-5,7-9,11,18,20,24-25H,2-3,6,10,12-14H2,(H,26,27). The van der Waals surface area contributed by atoms with Gasteiger partial charge in [0, 0.05) is 24.5 Å². The van der Waals surface area contributed by atoms with Gasteiger partial charge in [0.2, 0.25) is 0 Å². The third-order valence-corrected chi connectivity index (χ3v) is 5.04. The van der Waals surface area contributed by atoms with Crippen molar-refractivity contribution in [2.75, 3.05) is 19.7 Å². The highest BCUT2D eigenvalue weighted by atomic mass is 35.5. The number of aliphatic carboxylic acids is 1. The molecule has 0 fully saturated rings. The first-order chi connectivity index (χ1) is 14.0. The molecule has 3 N–H and O–H groups in total. The Kier molecular flexibility index (Phi) is 7.75. The maximum absolute atomic E-state index is 10.7. The van der Waals surface area contributed by atoms with E-state index in [1.807, 2.05) is 18.2 Å². The van der Waals surface area contributed by atoms with Gasteiger partial charge in [0.1, 0.15) is 30.3 Å². The van der Waals surface area contributed by atoms with Crippen LogP contribution in [0, 0.1) is 0 Å². The summed E-state index contributed by atoms with van der Waals surface area (Å²) < 4.78 is 11.6. The third-order valence-electron chi connectivity index (χ3n) is 4.79. The van der Waals surface area contributed by atoms with Gasteiger partial charge in [-0.2, -0.15) is 0 Å². The van der Waals surface area contributed by atoms with Crippen molar-refractivity contribution < 1.29 is 24.5 Å². The average Bonchev–Trinajstić information content (AvgIpc) is 2.71. The van der Waals surface area contributed by atoms with E-state index in [2.05, 4.69) is 5.32 Å². The van der Waals surface area contributed by atoms with Crippen molar-refractivity contribution in [3.63, 3.8) is 0 Å². The number of halogens is 1. The summed E-state index contributed by atoms with van der Waals surface area (Å²) in [5.41, 5.74) is 2.15. The average molecular weight is 420 g/mol. The number of aliphatic hydroxyl groups is 1. The van der Waals surface area contributed by atoms with Crippen LogP contribution in [-0.4, -0.2) is 48.1 Å². The topological polar surface area (TPSA) is 88.0 Å². The zero-order valence-corrected chi connectivity index (χ0v) is 16.9. The molecule has 0 spiro atoms. The molecule has 0 bridgehead atoms. The van der Waals surface area contributed by atoms with E-state index in [9.17, 15) is 9.90 Å². The Morgan fingerprint density at radius 2 is 2.07 bits per heavy atom. The molecule has 156 valence electrons. The number of hydrogen-bond acceptors (Lipinski definition) is 5. The number of aliphatic hydroxyl groups excluding tert-OH is 1. The molecule has 0 amide bonds. The summed E-state index contributed by atoms with van der Waals surface area (Å²) >= 11 is 5.83. The van der Waals surface area contributed by atoms with Crippen molar-refractivity contribution >= 4 is 17.6 Å². The first kappa shape index (κ1) is 21.4.